The van der Waals surface area contributed by atoms with Crippen molar-refractivity contribution in [3.63, 3.8) is 0 Å². The fraction of sp³-hybridized carbons (Fsp3) is 0.484. The van der Waals surface area contributed by atoms with Crippen LogP contribution in [0.25, 0.3) is 33.5 Å². The molecular formula is C31H37FN6O3. The summed E-state index contributed by atoms with van der Waals surface area (Å²) in [7, 11) is 2.04. The van der Waals surface area contributed by atoms with Gasteiger partial charge in [-0.15, -0.1) is 0 Å². The monoisotopic (exact) mass is 560 g/mol. The number of hydrogen-bond donors (Lipinski definition) is 2. The van der Waals surface area contributed by atoms with Crippen LogP contribution in [-0.2, 0) is 24.8 Å². The average molecular weight is 561 g/mol. The summed E-state index contributed by atoms with van der Waals surface area (Å²) in [5, 5.41) is 4.48. The van der Waals surface area contributed by atoms with Crippen molar-refractivity contribution < 1.29 is 18.7 Å². The van der Waals surface area contributed by atoms with Crippen LogP contribution in [-0.4, -0.2) is 83.1 Å². The summed E-state index contributed by atoms with van der Waals surface area (Å²) in [5.74, 6) is 2.25. The predicted octanol–water partition coefficient (Wildman–Crippen LogP) is 3.27. The molecule has 4 aromatic rings. The van der Waals surface area contributed by atoms with Gasteiger partial charge >= 0.3 is 0 Å². The summed E-state index contributed by atoms with van der Waals surface area (Å²) < 4.78 is 29.8. The topological polar surface area (TPSA) is 99.6 Å². The number of fused-ring (bicyclic) bond motifs is 3. The molecule has 2 atom stereocenters. The summed E-state index contributed by atoms with van der Waals surface area (Å²) in [5.41, 5.74) is 11.3. The number of para-hydroxylation sites is 1. The first-order valence-electron chi connectivity index (χ1n) is 14.7. The molecule has 2 aliphatic heterocycles. The standard InChI is InChI=1S/C31H37FN6O3/c1-36-26-11-20-7-9-37(17-22(33)14-32)31(39)24(20)13-25(26)35-30(36)27-12-21-3-2-4-28(29(21)38(27)16-19-5-6-19)41-18-23-15-34-8-10-40-23/h2-4,11-13,19,22-23,34H,5-10,14-18,33H2,1H3. The maximum atomic E-state index is 13.3. The number of imidazole rings is 1. The van der Waals surface area contributed by atoms with Crippen molar-refractivity contribution in [2.45, 2.75) is 38.0 Å². The maximum Gasteiger partial charge on any atom is 0.254 e. The Morgan fingerprint density at radius 2 is 2.15 bits per heavy atom. The van der Waals surface area contributed by atoms with Gasteiger partial charge in [0, 0.05) is 50.7 Å². The highest BCUT2D eigenvalue weighted by molar-refractivity contribution is 6.01. The summed E-state index contributed by atoms with van der Waals surface area (Å²) in [6.45, 7) is 3.87. The van der Waals surface area contributed by atoms with Crippen LogP contribution in [0.4, 0.5) is 4.39 Å². The Balaban J connectivity index is 1.27. The number of amides is 1. The Labute approximate surface area is 238 Å². The fourth-order valence-corrected chi connectivity index (χ4v) is 6.20. The first-order valence-corrected chi connectivity index (χ1v) is 14.7. The molecule has 1 amide bonds. The molecule has 1 saturated heterocycles. The van der Waals surface area contributed by atoms with Gasteiger partial charge < -0.3 is 34.6 Å². The molecule has 1 saturated carbocycles. The lowest BCUT2D eigenvalue weighted by atomic mass is 9.97. The van der Waals surface area contributed by atoms with E-state index in [0.29, 0.717) is 37.7 Å². The van der Waals surface area contributed by atoms with Gasteiger partial charge in [-0.25, -0.2) is 9.37 Å². The third kappa shape index (κ3) is 4.98. The largest absolute Gasteiger partial charge is 0.489 e. The number of aryl methyl sites for hydroxylation is 1. The van der Waals surface area contributed by atoms with Gasteiger partial charge in [0.2, 0.25) is 0 Å². The van der Waals surface area contributed by atoms with Crippen LogP contribution in [0.5, 0.6) is 5.75 Å². The number of carbonyl (C=O) groups excluding carboxylic acids is 1. The molecule has 10 heteroatoms. The number of rotatable bonds is 9. The number of nitrogens with two attached hydrogens (primary N) is 1. The van der Waals surface area contributed by atoms with E-state index in [9.17, 15) is 9.18 Å². The number of ether oxygens (including phenoxy) is 2. The van der Waals surface area contributed by atoms with E-state index in [0.717, 1.165) is 64.4 Å². The summed E-state index contributed by atoms with van der Waals surface area (Å²) in [6, 6.07) is 11.7. The highest BCUT2D eigenvalue weighted by Crippen LogP contribution is 2.39. The molecule has 0 radical (unpaired) electrons. The number of alkyl halides is 1. The number of halogens is 1. The first kappa shape index (κ1) is 26.4. The molecule has 1 aliphatic carbocycles. The minimum Gasteiger partial charge on any atom is -0.489 e. The number of carbonyl (C=O) groups is 1. The molecule has 2 aromatic carbocycles. The number of nitrogens with one attached hydrogen (secondary N) is 1. The van der Waals surface area contributed by atoms with E-state index in [2.05, 4.69) is 32.7 Å². The molecular weight excluding hydrogens is 523 g/mol. The summed E-state index contributed by atoms with van der Waals surface area (Å²) in [4.78, 5) is 20.0. The molecule has 2 aromatic heterocycles. The second-order valence-corrected chi connectivity index (χ2v) is 11.7. The Morgan fingerprint density at radius 3 is 2.93 bits per heavy atom. The van der Waals surface area contributed by atoms with Crippen molar-refractivity contribution in [1.29, 1.82) is 0 Å². The molecule has 2 unspecified atom stereocenters. The van der Waals surface area contributed by atoms with Crippen molar-refractivity contribution in [2.75, 3.05) is 46.1 Å². The normalized spacial score (nSPS) is 20.1. The maximum absolute atomic E-state index is 13.3. The van der Waals surface area contributed by atoms with Gasteiger partial charge in [-0.2, -0.15) is 0 Å². The van der Waals surface area contributed by atoms with Gasteiger partial charge in [-0.05, 0) is 55.0 Å². The summed E-state index contributed by atoms with van der Waals surface area (Å²) >= 11 is 0. The van der Waals surface area contributed by atoms with Crippen molar-refractivity contribution in [2.24, 2.45) is 18.7 Å². The van der Waals surface area contributed by atoms with Gasteiger partial charge in [-0.3, -0.25) is 4.79 Å². The van der Waals surface area contributed by atoms with Crippen molar-refractivity contribution in [3.05, 3.63) is 47.5 Å². The van der Waals surface area contributed by atoms with Gasteiger partial charge in [0.25, 0.3) is 5.91 Å². The minimum absolute atomic E-state index is 0.0301. The van der Waals surface area contributed by atoms with Gasteiger partial charge in [0.05, 0.1) is 34.9 Å². The lowest BCUT2D eigenvalue weighted by molar-refractivity contribution is 0.000443. The number of hydrogen-bond acceptors (Lipinski definition) is 6. The van der Waals surface area contributed by atoms with E-state index in [-0.39, 0.29) is 18.6 Å². The second-order valence-electron chi connectivity index (χ2n) is 11.7. The van der Waals surface area contributed by atoms with Crippen LogP contribution in [0.15, 0.2) is 36.4 Å². The van der Waals surface area contributed by atoms with Crippen molar-refractivity contribution in [3.8, 4) is 17.3 Å². The number of benzene rings is 2. The van der Waals surface area contributed by atoms with E-state index in [1.807, 2.05) is 25.2 Å². The van der Waals surface area contributed by atoms with E-state index in [4.69, 9.17) is 20.2 Å². The fourth-order valence-electron chi connectivity index (χ4n) is 6.20. The van der Waals surface area contributed by atoms with Crippen LogP contribution >= 0.6 is 0 Å². The number of aromatic nitrogens is 3. The highest BCUT2D eigenvalue weighted by atomic mass is 19.1. The zero-order chi connectivity index (χ0) is 28.1. The Morgan fingerprint density at radius 1 is 1.27 bits per heavy atom. The van der Waals surface area contributed by atoms with Crippen LogP contribution < -0.4 is 15.8 Å². The Hall–Kier alpha value is -3.47. The van der Waals surface area contributed by atoms with Gasteiger partial charge in [0.1, 0.15) is 25.1 Å². The minimum atomic E-state index is -0.667. The number of morpholine rings is 1. The molecule has 2 fully saturated rings. The van der Waals surface area contributed by atoms with Crippen LogP contribution in [0, 0.1) is 5.92 Å². The smallest absolute Gasteiger partial charge is 0.254 e. The molecule has 0 bridgehead atoms. The summed E-state index contributed by atoms with van der Waals surface area (Å²) in [6.07, 6.45) is 3.19. The molecule has 9 nitrogen and oxygen atoms in total. The van der Waals surface area contributed by atoms with Gasteiger partial charge in [0.15, 0.2) is 5.82 Å². The van der Waals surface area contributed by atoms with Crippen molar-refractivity contribution in [1.82, 2.24) is 24.3 Å². The first-order chi connectivity index (χ1) is 20.0. The molecule has 7 rings (SSSR count). The Bertz CT molecular complexity index is 1600. The molecule has 216 valence electrons. The van der Waals surface area contributed by atoms with Gasteiger partial charge in [-0.1, -0.05) is 12.1 Å². The molecule has 3 N–H and O–H groups in total. The quantitative estimate of drug-likeness (QED) is 0.326. The van der Waals surface area contributed by atoms with E-state index < -0.39 is 12.7 Å². The lowest BCUT2D eigenvalue weighted by Gasteiger charge is -2.30. The molecule has 3 aliphatic rings. The average Bonchev–Trinajstić information content (AvgIpc) is 3.67. The van der Waals surface area contributed by atoms with E-state index in [1.165, 1.54) is 12.8 Å². The second kappa shape index (κ2) is 10.7. The molecule has 41 heavy (non-hydrogen) atoms. The zero-order valence-corrected chi connectivity index (χ0v) is 23.4. The molecule has 0 spiro atoms. The number of nitrogens with zero attached hydrogens (tertiary/aromatic N) is 4. The highest BCUT2D eigenvalue weighted by Gasteiger charge is 2.29. The molecule has 4 heterocycles. The van der Waals surface area contributed by atoms with Crippen LogP contribution in [0.3, 0.4) is 0 Å². The Kier molecular flexibility index (Phi) is 6.92. The van der Waals surface area contributed by atoms with E-state index in [1.54, 1.807) is 4.90 Å². The SMILES string of the molecule is Cn1c(-c2cc3cccc(OCC4CNCCO4)c3n2CC2CC2)nc2cc3c(cc21)CCN(CC(N)CF)C3=O. The third-order valence-corrected chi connectivity index (χ3v) is 8.61. The van der Waals surface area contributed by atoms with Crippen LogP contribution in [0.2, 0.25) is 0 Å². The lowest BCUT2D eigenvalue weighted by Crippen LogP contribution is -2.45. The third-order valence-electron chi connectivity index (χ3n) is 8.61. The van der Waals surface area contributed by atoms with Crippen LogP contribution in [0.1, 0.15) is 28.8 Å². The van der Waals surface area contributed by atoms with E-state index >= 15 is 0 Å². The zero-order valence-electron chi connectivity index (χ0n) is 23.4. The van der Waals surface area contributed by atoms with Crippen molar-refractivity contribution >= 4 is 27.8 Å². The predicted molar refractivity (Wildman–Crippen MR) is 156 cm³/mol.